The van der Waals surface area contributed by atoms with E-state index in [2.05, 4.69) is 10.1 Å². The molecule has 6 nitrogen and oxygen atoms in total. The third-order valence-corrected chi connectivity index (χ3v) is 5.17. The number of amides is 1. The molecule has 0 spiro atoms. The molecule has 3 rings (SSSR count). The van der Waals surface area contributed by atoms with E-state index in [-0.39, 0.29) is 11.7 Å². The maximum Gasteiger partial charge on any atom is 0.322 e. The minimum Gasteiger partial charge on any atom is -0.468 e. The van der Waals surface area contributed by atoms with E-state index in [9.17, 15) is 14.0 Å². The van der Waals surface area contributed by atoms with Crippen LogP contribution >= 0.6 is 24.0 Å². The van der Waals surface area contributed by atoms with Crippen LogP contribution in [0.4, 0.5) is 4.39 Å². The summed E-state index contributed by atoms with van der Waals surface area (Å²) in [5.41, 5.74) is 7.08. The molecule has 1 aliphatic heterocycles. The average Bonchev–Trinajstić information content (AvgIpc) is 3.01. The highest BCUT2D eigenvalue weighted by Gasteiger charge is 2.22. The summed E-state index contributed by atoms with van der Waals surface area (Å²) in [5.74, 6) is -0.876. The number of thiocarbonyl (C=S) groups is 1. The van der Waals surface area contributed by atoms with Gasteiger partial charge in [-0.2, -0.15) is 0 Å². The smallest absolute Gasteiger partial charge is 0.322 e. The largest absolute Gasteiger partial charge is 0.468 e. The average molecular weight is 432 g/mol. The molecule has 1 atom stereocenters. The van der Waals surface area contributed by atoms with Crippen LogP contribution in [0.25, 0.3) is 6.08 Å². The molecule has 3 N–H and O–H groups in total. The molecule has 1 saturated heterocycles. The number of nitrogens with two attached hydrogens (primary N) is 1. The SMILES string of the molecule is COC(=O)[C@@H](N)Cc1ccc(Oc2ccc(/C=C3/SC(=S)NC3=O)cc2F)cc1. The van der Waals surface area contributed by atoms with Crippen LogP contribution in [0.15, 0.2) is 47.4 Å². The summed E-state index contributed by atoms with van der Waals surface area (Å²) in [6.45, 7) is 0. The third-order valence-electron chi connectivity index (χ3n) is 4.01. The molecule has 0 bridgehead atoms. The minimum absolute atomic E-state index is 0.0465. The summed E-state index contributed by atoms with van der Waals surface area (Å²) in [6.07, 6.45) is 1.88. The van der Waals surface area contributed by atoms with Gasteiger partial charge in [-0.15, -0.1) is 0 Å². The highest BCUT2D eigenvalue weighted by molar-refractivity contribution is 8.26. The number of thioether (sulfide) groups is 1. The van der Waals surface area contributed by atoms with Gasteiger partial charge < -0.3 is 20.5 Å². The Kier molecular flexibility index (Phi) is 6.63. The van der Waals surface area contributed by atoms with Crippen molar-refractivity contribution in [2.45, 2.75) is 12.5 Å². The van der Waals surface area contributed by atoms with Crippen molar-refractivity contribution < 1.29 is 23.5 Å². The Balaban J connectivity index is 1.67. The van der Waals surface area contributed by atoms with Crippen LogP contribution in [0.5, 0.6) is 11.5 Å². The van der Waals surface area contributed by atoms with Crippen LogP contribution in [0.3, 0.4) is 0 Å². The summed E-state index contributed by atoms with van der Waals surface area (Å²) in [4.78, 5) is 23.5. The summed E-state index contributed by atoms with van der Waals surface area (Å²) in [6, 6.07) is 10.5. The van der Waals surface area contributed by atoms with Crippen LogP contribution in [0.2, 0.25) is 0 Å². The number of benzene rings is 2. The second kappa shape index (κ2) is 9.17. The second-order valence-corrected chi connectivity index (χ2v) is 7.84. The van der Waals surface area contributed by atoms with Gasteiger partial charge in [0.2, 0.25) is 0 Å². The molecule has 2 aromatic rings. The molecule has 0 aliphatic carbocycles. The van der Waals surface area contributed by atoms with Crippen LogP contribution in [0.1, 0.15) is 11.1 Å². The van der Waals surface area contributed by atoms with Crippen LogP contribution < -0.4 is 15.8 Å². The van der Waals surface area contributed by atoms with Gasteiger partial charge in [0.1, 0.15) is 16.1 Å². The Morgan fingerprint density at radius 3 is 2.62 bits per heavy atom. The summed E-state index contributed by atoms with van der Waals surface area (Å²) >= 11 is 6.06. The zero-order chi connectivity index (χ0) is 21.0. The number of carbonyl (C=O) groups excluding carboxylic acids is 2. The zero-order valence-corrected chi connectivity index (χ0v) is 16.9. The predicted octanol–water partition coefficient (Wildman–Crippen LogP) is 3.15. The Labute approximate surface area is 176 Å². The van der Waals surface area contributed by atoms with Crippen molar-refractivity contribution in [1.82, 2.24) is 5.32 Å². The van der Waals surface area contributed by atoms with Crippen molar-refractivity contribution in [2.24, 2.45) is 5.73 Å². The molecule has 9 heteroatoms. The molecule has 0 radical (unpaired) electrons. The molecule has 1 amide bonds. The van der Waals surface area contributed by atoms with Crippen molar-refractivity contribution in [2.75, 3.05) is 7.11 Å². The first kappa shape index (κ1) is 21.0. The molecule has 0 saturated carbocycles. The number of rotatable bonds is 6. The zero-order valence-electron chi connectivity index (χ0n) is 15.3. The third kappa shape index (κ3) is 5.41. The summed E-state index contributed by atoms with van der Waals surface area (Å²) in [5, 5.41) is 2.51. The fraction of sp³-hybridized carbons (Fsp3) is 0.150. The predicted molar refractivity (Wildman–Crippen MR) is 113 cm³/mol. The molecule has 1 heterocycles. The molecule has 1 fully saturated rings. The van der Waals surface area contributed by atoms with Gasteiger partial charge in [-0.3, -0.25) is 9.59 Å². The molecule has 0 aromatic heterocycles. The number of halogens is 1. The second-order valence-electron chi connectivity index (χ2n) is 6.12. The van der Waals surface area contributed by atoms with Crippen molar-refractivity contribution in [1.29, 1.82) is 0 Å². The monoisotopic (exact) mass is 432 g/mol. The van der Waals surface area contributed by atoms with Gasteiger partial charge >= 0.3 is 5.97 Å². The fourth-order valence-corrected chi connectivity index (χ4v) is 3.62. The van der Waals surface area contributed by atoms with E-state index in [1.807, 2.05) is 0 Å². The van der Waals surface area contributed by atoms with Crippen molar-refractivity contribution in [3.05, 3.63) is 64.3 Å². The molecule has 0 unspecified atom stereocenters. The van der Waals surface area contributed by atoms with E-state index in [1.54, 1.807) is 36.4 Å². The summed E-state index contributed by atoms with van der Waals surface area (Å²) < 4.78 is 25.0. The minimum atomic E-state index is -0.750. The Bertz CT molecular complexity index is 992. The number of nitrogens with one attached hydrogen (secondary N) is 1. The quantitative estimate of drug-likeness (QED) is 0.412. The lowest BCUT2D eigenvalue weighted by atomic mass is 10.1. The van der Waals surface area contributed by atoms with E-state index in [1.165, 1.54) is 19.2 Å². The molecular weight excluding hydrogens is 415 g/mol. The number of hydrogen-bond acceptors (Lipinski definition) is 7. The van der Waals surface area contributed by atoms with Gasteiger partial charge in [-0.25, -0.2) is 4.39 Å². The van der Waals surface area contributed by atoms with Gasteiger partial charge in [0.05, 0.1) is 12.0 Å². The van der Waals surface area contributed by atoms with Crippen LogP contribution in [0, 0.1) is 5.82 Å². The van der Waals surface area contributed by atoms with E-state index < -0.39 is 17.8 Å². The lowest BCUT2D eigenvalue weighted by Crippen LogP contribution is -2.33. The fourth-order valence-electron chi connectivity index (χ4n) is 2.57. The van der Waals surface area contributed by atoms with Crippen LogP contribution in [-0.4, -0.2) is 29.3 Å². The lowest BCUT2D eigenvalue weighted by Gasteiger charge is -2.11. The van der Waals surface area contributed by atoms with Gasteiger partial charge in [0, 0.05) is 0 Å². The number of hydrogen-bond donors (Lipinski definition) is 2. The van der Waals surface area contributed by atoms with E-state index in [0.717, 1.165) is 17.3 Å². The number of ether oxygens (including phenoxy) is 2. The van der Waals surface area contributed by atoms with Gasteiger partial charge in [-0.05, 0) is 47.9 Å². The topological polar surface area (TPSA) is 90.7 Å². The maximum absolute atomic E-state index is 14.4. The first-order chi connectivity index (χ1) is 13.9. The molecule has 150 valence electrons. The Hall–Kier alpha value is -2.75. The number of carbonyl (C=O) groups is 2. The highest BCUT2D eigenvalue weighted by Crippen LogP contribution is 2.29. The molecule has 1 aliphatic rings. The van der Waals surface area contributed by atoms with Crippen LogP contribution in [-0.2, 0) is 20.7 Å². The number of esters is 1. The standard InChI is InChI=1S/C20H17FN2O4S2/c1-26-19(25)15(22)9-11-2-5-13(6-3-11)27-16-7-4-12(8-14(16)21)10-17-18(24)23-20(28)29-17/h2-8,10,15H,9,22H2,1H3,(H,23,24,28)/b17-10+/t15-/m0/s1. The number of methoxy groups -OCH3 is 1. The van der Waals surface area contributed by atoms with E-state index in [4.69, 9.17) is 22.7 Å². The lowest BCUT2D eigenvalue weighted by molar-refractivity contribution is -0.142. The highest BCUT2D eigenvalue weighted by atomic mass is 32.2. The molecule has 2 aromatic carbocycles. The first-order valence-electron chi connectivity index (χ1n) is 8.50. The molecular formula is C20H17FN2O4S2. The van der Waals surface area contributed by atoms with Crippen molar-refractivity contribution in [3.63, 3.8) is 0 Å². The Morgan fingerprint density at radius 1 is 1.31 bits per heavy atom. The first-order valence-corrected chi connectivity index (χ1v) is 9.73. The van der Waals surface area contributed by atoms with Crippen molar-refractivity contribution in [3.8, 4) is 11.5 Å². The van der Waals surface area contributed by atoms with E-state index in [0.29, 0.717) is 27.0 Å². The summed E-state index contributed by atoms with van der Waals surface area (Å²) in [7, 11) is 1.28. The van der Waals surface area contributed by atoms with Crippen molar-refractivity contribution >= 4 is 46.3 Å². The van der Waals surface area contributed by atoms with E-state index >= 15 is 0 Å². The molecule has 29 heavy (non-hydrogen) atoms. The Morgan fingerprint density at radius 2 is 2.03 bits per heavy atom. The van der Waals surface area contributed by atoms with Gasteiger partial charge in [0.25, 0.3) is 5.91 Å². The normalized spacial score (nSPS) is 15.9. The maximum atomic E-state index is 14.4. The van der Waals surface area contributed by atoms with Gasteiger partial charge in [0.15, 0.2) is 11.6 Å². The van der Waals surface area contributed by atoms with Gasteiger partial charge in [-0.1, -0.05) is 42.2 Å².